The fourth-order valence-electron chi connectivity index (χ4n) is 1.07. The average Bonchev–Trinajstić information content (AvgIpc) is 2.28. The van der Waals surface area contributed by atoms with Crippen LogP contribution >= 0.6 is 7.82 Å². The summed E-state index contributed by atoms with van der Waals surface area (Å²) in [5.41, 5.74) is 3.22. The van der Waals surface area contributed by atoms with Crippen LogP contribution in [0.1, 0.15) is 12.5 Å². The molecule has 100 valence electrons. The summed E-state index contributed by atoms with van der Waals surface area (Å²) >= 11 is 0. The number of phosphoric ester groups is 1. The molecule has 1 atom stereocenters. The quantitative estimate of drug-likeness (QED) is 0.519. The normalized spacial score (nSPS) is 13.1. The van der Waals surface area contributed by atoms with E-state index in [-0.39, 0.29) is 6.61 Å². The highest BCUT2D eigenvalue weighted by Gasteiger charge is 2.24. The highest BCUT2D eigenvalue weighted by molar-refractivity contribution is 7.46. The Bertz CT molecular complexity index is 431. The predicted molar refractivity (Wildman–Crippen MR) is 62.0 cm³/mol. The topological polar surface area (TPSA) is 105 Å². The minimum atomic E-state index is -4.81. The molecule has 0 bridgehead atoms. The third kappa shape index (κ3) is 5.90. The molecule has 0 spiro atoms. The van der Waals surface area contributed by atoms with Crippen LogP contribution in [0.3, 0.4) is 0 Å². The maximum atomic E-state index is 11.1. The first-order valence-electron chi connectivity index (χ1n) is 5.09. The van der Waals surface area contributed by atoms with Gasteiger partial charge in [0.25, 0.3) is 0 Å². The minimum absolute atomic E-state index is 0.217. The van der Waals surface area contributed by atoms with Crippen molar-refractivity contribution in [3.8, 4) is 0 Å². The Morgan fingerprint density at radius 1 is 1.39 bits per heavy atom. The summed E-state index contributed by atoms with van der Waals surface area (Å²) in [7, 11) is -4.81. The van der Waals surface area contributed by atoms with Crippen LogP contribution in [-0.4, -0.2) is 21.8 Å². The standard InChI is InChI=1S/C10H14NO6P/c1-8(10(12)17-18(13,14)15)11-16-7-9-5-3-2-4-6-9/h2-6,8,11H,7H2,1H3,(H2,13,14,15). The van der Waals surface area contributed by atoms with Crippen molar-refractivity contribution in [2.24, 2.45) is 0 Å². The van der Waals surface area contributed by atoms with Gasteiger partial charge in [-0.15, -0.1) is 0 Å². The number of hydrogen-bond acceptors (Lipinski definition) is 5. The lowest BCUT2D eigenvalue weighted by atomic mass is 10.2. The van der Waals surface area contributed by atoms with Gasteiger partial charge in [0.1, 0.15) is 6.04 Å². The van der Waals surface area contributed by atoms with Gasteiger partial charge < -0.3 is 4.52 Å². The molecule has 0 radical (unpaired) electrons. The van der Waals surface area contributed by atoms with Crippen LogP contribution in [0.25, 0.3) is 0 Å². The first-order valence-corrected chi connectivity index (χ1v) is 6.62. The lowest BCUT2D eigenvalue weighted by molar-refractivity contribution is -0.142. The lowest BCUT2D eigenvalue weighted by Crippen LogP contribution is -2.34. The van der Waals surface area contributed by atoms with Crippen molar-refractivity contribution >= 4 is 13.8 Å². The minimum Gasteiger partial charge on any atom is -0.369 e. The third-order valence-corrected chi connectivity index (χ3v) is 2.32. The van der Waals surface area contributed by atoms with E-state index in [0.29, 0.717) is 0 Å². The SMILES string of the molecule is CC(NOCc1ccccc1)C(=O)OP(=O)(O)O. The molecule has 0 saturated carbocycles. The van der Waals surface area contributed by atoms with E-state index in [1.165, 1.54) is 6.92 Å². The number of benzene rings is 1. The van der Waals surface area contributed by atoms with Crippen molar-refractivity contribution < 1.29 is 28.5 Å². The molecule has 0 amide bonds. The van der Waals surface area contributed by atoms with E-state index in [2.05, 4.69) is 10.0 Å². The molecule has 1 aromatic rings. The Hall–Kier alpha value is -1.24. The largest absolute Gasteiger partial charge is 0.527 e. The molecule has 1 unspecified atom stereocenters. The number of rotatable bonds is 6. The van der Waals surface area contributed by atoms with Gasteiger partial charge in [0, 0.05) is 0 Å². The summed E-state index contributed by atoms with van der Waals surface area (Å²) in [6.45, 7) is 1.58. The molecular weight excluding hydrogens is 261 g/mol. The monoisotopic (exact) mass is 275 g/mol. The Kier molecular flexibility index (Phi) is 5.46. The Morgan fingerprint density at radius 2 is 2.00 bits per heavy atom. The number of phosphoric acid groups is 1. The van der Waals surface area contributed by atoms with E-state index in [4.69, 9.17) is 14.6 Å². The van der Waals surface area contributed by atoms with Crippen LogP contribution in [0.5, 0.6) is 0 Å². The third-order valence-electron chi connectivity index (χ3n) is 1.90. The molecule has 1 rings (SSSR count). The summed E-state index contributed by atoms with van der Waals surface area (Å²) in [5.74, 6) is -1.09. The van der Waals surface area contributed by atoms with E-state index in [1.807, 2.05) is 30.3 Å². The highest BCUT2D eigenvalue weighted by atomic mass is 31.2. The summed E-state index contributed by atoms with van der Waals surface area (Å²) < 4.78 is 14.3. The molecule has 0 aliphatic heterocycles. The Labute approximate surface area is 104 Å². The molecule has 0 heterocycles. The number of hydrogen-bond donors (Lipinski definition) is 3. The molecular formula is C10H14NO6P. The second kappa shape index (κ2) is 6.63. The smallest absolute Gasteiger partial charge is 0.369 e. The van der Waals surface area contributed by atoms with Gasteiger partial charge in [-0.3, -0.25) is 14.6 Å². The van der Waals surface area contributed by atoms with Crippen molar-refractivity contribution in [3.63, 3.8) is 0 Å². The van der Waals surface area contributed by atoms with Crippen molar-refractivity contribution in [3.05, 3.63) is 35.9 Å². The second-order valence-electron chi connectivity index (χ2n) is 3.51. The zero-order valence-electron chi connectivity index (χ0n) is 9.65. The molecule has 3 N–H and O–H groups in total. The molecule has 0 saturated heterocycles. The zero-order valence-corrected chi connectivity index (χ0v) is 10.5. The molecule has 8 heteroatoms. The van der Waals surface area contributed by atoms with Crippen molar-refractivity contribution in [1.29, 1.82) is 0 Å². The van der Waals surface area contributed by atoms with Gasteiger partial charge in [0.2, 0.25) is 0 Å². The van der Waals surface area contributed by atoms with E-state index in [1.54, 1.807) is 0 Å². The van der Waals surface area contributed by atoms with Crippen LogP contribution in [-0.2, 0) is 25.3 Å². The van der Waals surface area contributed by atoms with Crippen LogP contribution in [0.4, 0.5) is 0 Å². The highest BCUT2D eigenvalue weighted by Crippen LogP contribution is 2.36. The molecule has 18 heavy (non-hydrogen) atoms. The molecule has 1 aromatic carbocycles. The van der Waals surface area contributed by atoms with Gasteiger partial charge in [-0.2, -0.15) is 5.48 Å². The maximum Gasteiger partial charge on any atom is 0.527 e. The number of nitrogens with one attached hydrogen (secondary N) is 1. The van der Waals surface area contributed by atoms with Gasteiger partial charge in [-0.05, 0) is 12.5 Å². The second-order valence-corrected chi connectivity index (χ2v) is 4.68. The van der Waals surface area contributed by atoms with Crippen LogP contribution in [0.15, 0.2) is 30.3 Å². The lowest BCUT2D eigenvalue weighted by Gasteiger charge is -2.13. The summed E-state index contributed by atoms with van der Waals surface area (Å²) in [6.07, 6.45) is 0. The van der Waals surface area contributed by atoms with E-state index in [0.717, 1.165) is 5.56 Å². The van der Waals surface area contributed by atoms with Crippen LogP contribution in [0, 0.1) is 0 Å². The number of hydroxylamine groups is 1. The first kappa shape index (κ1) is 14.8. The average molecular weight is 275 g/mol. The fourth-order valence-corrected chi connectivity index (χ4v) is 1.46. The van der Waals surface area contributed by atoms with Crippen molar-refractivity contribution in [2.75, 3.05) is 0 Å². The van der Waals surface area contributed by atoms with Crippen LogP contribution < -0.4 is 5.48 Å². The van der Waals surface area contributed by atoms with Crippen molar-refractivity contribution in [1.82, 2.24) is 5.48 Å². The number of carbonyl (C=O) groups excluding carboxylic acids is 1. The van der Waals surface area contributed by atoms with Gasteiger partial charge in [0.05, 0.1) is 6.61 Å². The molecule has 0 aliphatic carbocycles. The molecule has 7 nitrogen and oxygen atoms in total. The molecule has 0 aliphatic rings. The molecule has 0 aromatic heterocycles. The maximum absolute atomic E-state index is 11.1. The predicted octanol–water partition coefficient (Wildman–Crippen LogP) is 0.732. The molecule has 0 fully saturated rings. The number of carbonyl (C=O) groups is 1. The summed E-state index contributed by atoms with van der Waals surface area (Å²) in [6, 6.07) is 8.22. The van der Waals surface area contributed by atoms with Gasteiger partial charge >= 0.3 is 13.8 Å². The van der Waals surface area contributed by atoms with Gasteiger partial charge in [0.15, 0.2) is 0 Å². The van der Waals surface area contributed by atoms with E-state index < -0.39 is 19.8 Å². The Balaban J connectivity index is 2.31. The van der Waals surface area contributed by atoms with E-state index >= 15 is 0 Å². The summed E-state index contributed by atoms with van der Waals surface area (Å²) in [4.78, 5) is 33.0. The first-order chi connectivity index (χ1) is 8.38. The Morgan fingerprint density at radius 3 is 2.56 bits per heavy atom. The zero-order chi connectivity index (χ0) is 13.6. The van der Waals surface area contributed by atoms with E-state index in [9.17, 15) is 9.36 Å². The van der Waals surface area contributed by atoms with Crippen molar-refractivity contribution in [2.45, 2.75) is 19.6 Å². The summed E-state index contributed by atoms with van der Waals surface area (Å²) in [5, 5.41) is 0. The van der Waals surface area contributed by atoms with Gasteiger partial charge in [-0.1, -0.05) is 30.3 Å². The fraction of sp³-hybridized carbons (Fsp3) is 0.300. The van der Waals surface area contributed by atoms with Crippen LogP contribution in [0.2, 0.25) is 0 Å². The van der Waals surface area contributed by atoms with Gasteiger partial charge in [-0.25, -0.2) is 9.36 Å².